The average molecular weight is 374 g/mol. The number of hydrogen-bond acceptors (Lipinski definition) is 3. The van der Waals surface area contributed by atoms with Crippen molar-refractivity contribution in [3.63, 3.8) is 0 Å². The fraction of sp³-hybridized carbons (Fsp3) is 0.333. The lowest BCUT2D eigenvalue weighted by Crippen LogP contribution is -2.38. The van der Waals surface area contributed by atoms with E-state index in [1.54, 1.807) is 6.20 Å². The van der Waals surface area contributed by atoms with Crippen molar-refractivity contribution >= 4 is 27.5 Å². The molecule has 0 saturated carbocycles. The maximum absolute atomic E-state index is 12.2. The van der Waals surface area contributed by atoms with E-state index < -0.39 is 0 Å². The third-order valence-corrected chi connectivity index (χ3v) is 4.99. The highest BCUT2D eigenvalue weighted by Gasteiger charge is 2.20. The molecule has 23 heavy (non-hydrogen) atoms. The molecule has 0 aliphatic carbocycles. The Morgan fingerprint density at radius 3 is 2.70 bits per heavy atom. The van der Waals surface area contributed by atoms with Gasteiger partial charge in [-0.05, 0) is 59.0 Å². The van der Waals surface area contributed by atoms with Crippen molar-refractivity contribution in [2.24, 2.45) is 5.92 Å². The minimum atomic E-state index is -0.00726. The second kappa shape index (κ2) is 7.59. The molecule has 5 heteroatoms. The molecule has 4 nitrogen and oxygen atoms in total. The number of amides is 1. The molecule has 1 aromatic heterocycles. The molecular weight excluding hydrogens is 354 g/mol. The van der Waals surface area contributed by atoms with Gasteiger partial charge < -0.3 is 10.2 Å². The number of halogens is 1. The highest BCUT2D eigenvalue weighted by atomic mass is 79.9. The predicted octanol–water partition coefficient (Wildman–Crippen LogP) is 3.49. The molecule has 1 aromatic carbocycles. The molecule has 1 N–H and O–H groups in total. The first-order chi connectivity index (χ1) is 11.2. The molecular formula is C18H20BrN3O. The average Bonchev–Trinajstić information content (AvgIpc) is 2.61. The zero-order valence-electron chi connectivity index (χ0n) is 12.9. The van der Waals surface area contributed by atoms with E-state index in [4.69, 9.17) is 0 Å². The van der Waals surface area contributed by atoms with E-state index >= 15 is 0 Å². The number of pyridine rings is 1. The van der Waals surface area contributed by atoms with Gasteiger partial charge in [0.25, 0.3) is 5.91 Å². The number of nitrogens with one attached hydrogen (secondary N) is 1. The summed E-state index contributed by atoms with van der Waals surface area (Å²) in [4.78, 5) is 18.8. The Bertz CT molecular complexity index is 654. The molecule has 1 aliphatic rings. The van der Waals surface area contributed by atoms with Gasteiger partial charge in [0, 0.05) is 30.3 Å². The SMILES string of the molecule is O=C(NCC1CCN(c2cccnc2)CC1)c1ccccc1Br. The Morgan fingerprint density at radius 1 is 1.22 bits per heavy atom. The molecule has 1 fully saturated rings. The molecule has 0 bridgehead atoms. The molecule has 1 amide bonds. The van der Waals surface area contributed by atoms with Gasteiger partial charge in [-0.25, -0.2) is 0 Å². The summed E-state index contributed by atoms with van der Waals surface area (Å²) in [5.41, 5.74) is 1.88. The van der Waals surface area contributed by atoms with Gasteiger partial charge in [0.1, 0.15) is 0 Å². The van der Waals surface area contributed by atoms with Crippen molar-refractivity contribution in [2.45, 2.75) is 12.8 Å². The summed E-state index contributed by atoms with van der Waals surface area (Å²) in [6.07, 6.45) is 5.89. The summed E-state index contributed by atoms with van der Waals surface area (Å²) in [5.74, 6) is 0.529. The topological polar surface area (TPSA) is 45.2 Å². The third kappa shape index (κ3) is 4.10. The zero-order valence-corrected chi connectivity index (χ0v) is 14.5. The van der Waals surface area contributed by atoms with Gasteiger partial charge in [-0.3, -0.25) is 9.78 Å². The normalized spacial score (nSPS) is 15.4. The molecule has 0 unspecified atom stereocenters. The van der Waals surface area contributed by atoms with Crippen LogP contribution in [0.3, 0.4) is 0 Å². The summed E-state index contributed by atoms with van der Waals surface area (Å²) >= 11 is 3.42. The summed E-state index contributed by atoms with van der Waals surface area (Å²) in [5, 5.41) is 3.06. The second-order valence-electron chi connectivity index (χ2n) is 5.83. The van der Waals surface area contributed by atoms with Crippen LogP contribution in [0.15, 0.2) is 53.3 Å². The quantitative estimate of drug-likeness (QED) is 0.891. The zero-order chi connectivity index (χ0) is 16.1. The van der Waals surface area contributed by atoms with Gasteiger partial charge in [0.15, 0.2) is 0 Å². The summed E-state index contributed by atoms with van der Waals surface area (Å²) in [6, 6.07) is 11.6. The monoisotopic (exact) mass is 373 g/mol. The summed E-state index contributed by atoms with van der Waals surface area (Å²) in [6.45, 7) is 2.77. The molecule has 1 saturated heterocycles. The maximum atomic E-state index is 12.2. The van der Waals surface area contributed by atoms with Crippen LogP contribution in [0.1, 0.15) is 23.2 Å². The van der Waals surface area contributed by atoms with Crippen LogP contribution in [0.2, 0.25) is 0 Å². The van der Waals surface area contributed by atoms with Crippen LogP contribution < -0.4 is 10.2 Å². The third-order valence-electron chi connectivity index (χ3n) is 4.30. The lowest BCUT2D eigenvalue weighted by molar-refractivity contribution is 0.0944. The predicted molar refractivity (Wildman–Crippen MR) is 95.6 cm³/mol. The second-order valence-corrected chi connectivity index (χ2v) is 6.69. The number of rotatable bonds is 4. The number of aromatic nitrogens is 1. The number of nitrogens with zero attached hydrogens (tertiary/aromatic N) is 2. The minimum absolute atomic E-state index is 0.00726. The Labute approximate surface area is 145 Å². The highest BCUT2D eigenvalue weighted by Crippen LogP contribution is 2.22. The Kier molecular flexibility index (Phi) is 5.28. The van der Waals surface area contributed by atoms with E-state index in [1.807, 2.05) is 36.5 Å². The Balaban J connectivity index is 1.48. The number of carbonyl (C=O) groups excluding carboxylic acids is 1. The van der Waals surface area contributed by atoms with Gasteiger partial charge in [0.05, 0.1) is 17.4 Å². The number of piperidine rings is 1. The van der Waals surface area contributed by atoms with Gasteiger partial charge in [-0.2, -0.15) is 0 Å². The van der Waals surface area contributed by atoms with Gasteiger partial charge in [-0.15, -0.1) is 0 Å². The van der Waals surface area contributed by atoms with Crippen LogP contribution in [0.4, 0.5) is 5.69 Å². The first kappa shape index (κ1) is 16.0. The number of anilines is 1. The van der Waals surface area contributed by atoms with E-state index in [0.29, 0.717) is 11.5 Å². The van der Waals surface area contributed by atoms with Crippen molar-refractivity contribution in [3.8, 4) is 0 Å². The van der Waals surface area contributed by atoms with Crippen LogP contribution in [-0.4, -0.2) is 30.5 Å². The lowest BCUT2D eigenvalue weighted by Gasteiger charge is -2.33. The van der Waals surface area contributed by atoms with Gasteiger partial charge >= 0.3 is 0 Å². The van der Waals surface area contributed by atoms with Crippen LogP contribution >= 0.6 is 15.9 Å². The molecule has 3 rings (SSSR count). The van der Waals surface area contributed by atoms with Crippen molar-refractivity contribution in [2.75, 3.05) is 24.5 Å². The Hall–Kier alpha value is -1.88. The molecule has 0 radical (unpaired) electrons. The van der Waals surface area contributed by atoms with E-state index in [9.17, 15) is 4.79 Å². The fourth-order valence-electron chi connectivity index (χ4n) is 2.91. The highest BCUT2D eigenvalue weighted by molar-refractivity contribution is 9.10. The summed E-state index contributed by atoms with van der Waals surface area (Å²) < 4.78 is 0.837. The van der Waals surface area contributed by atoms with Crippen LogP contribution in [-0.2, 0) is 0 Å². The number of carbonyl (C=O) groups is 1. The fourth-order valence-corrected chi connectivity index (χ4v) is 3.38. The van der Waals surface area contributed by atoms with E-state index in [-0.39, 0.29) is 5.91 Å². The van der Waals surface area contributed by atoms with Crippen LogP contribution in [0.25, 0.3) is 0 Å². The summed E-state index contributed by atoms with van der Waals surface area (Å²) in [7, 11) is 0. The van der Waals surface area contributed by atoms with E-state index in [1.165, 1.54) is 5.69 Å². The number of benzene rings is 1. The smallest absolute Gasteiger partial charge is 0.252 e. The van der Waals surface area contributed by atoms with Crippen molar-refractivity contribution in [3.05, 3.63) is 58.8 Å². The van der Waals surface area contributed by atoms with E-state index in [0.717, 1.165) is 36.9 Å². The van der Waals surface area contributed by atoms with Crippen LogP contribution in [0.5, 0.6) is 0 Å². The minimum Gasteiger partial charge on any atom is -0.370 e. The molecule has 120 valence electrons. The van der Waals surface area contributed by atoms with Crippen LogP contribution in [0, 0.1) is 5.92 Å². The largest absolute Gasteiger partial charge is 0.370 e. The molecule has 2 heterocycles. The van der Waals surface area contributed by atoms with E-state index in [2.05, 4.69) is 37.2 Å². The lowest BCUT2D eigenvalue weighted by atomic mass is 9.96. The first-order valence-electron chi connectivity index (χ1n) is 7.92. The number of hydrogen-bond donors (Lipinski definition) is 1. The molecule has 0 atom stereocenters. The van der Waals surface area contributed by atoms with Gasteiger partial charge in [-0.1, -0.05) is 12.1 Å². The van der Waals surface area contributed by atoms with Crippen molar-refractivity contribution in [1.29, 1.82) is 0 Å². The Morgan fingerprint density at radius 2 is 2.00 bits per heavy atom. The molecule has 2 aromatic rings. The van der Waals surface area contributed by atoms with Crippen molar-refractivity contribution < 1.29 is 4.79 Å². The molecule has 0 spiro atoms. The maximum Gasteiger partial charge on any atom is 0.252 e. The van der Waals surface area contributed by atoms with Crippen molar-refractivity contribution in [1.82, 2.24) is 10.3 Å². The first-order valence-corrected chi connectivity index (χ1v) is 8.71. The van der Waals surface area contributed by atoms with Gasteiger partial charge in [0.2, 0.25) is 0 Å². The molecule has 1 aliphatic heterocycles. The standard InChI is InChI=1S/C18H20BrN3O/c19-17-6-2-1-5-16(17)18(23)21-12-14-7-10-22(11-8-14)15-4-3-9-20-13-15/h1-6,9,13-14H,7-8,10-12H2,(H,21,23).